The van der Waals surface area contributed by atoms with Gasteiger partial charge in [-0.05, 0) is 6.92 Å². The van der Waals surface area contributed by atoms with Crippen molar-refractivity contribution < 1.29 is 9.63 Å². The lowest BCUT2D eigenvalue weighted by atomic mass is 10.4. The summed E-state index contributed by atoms with van der Waals surface area (Å²) in [6, 6.07) is 0. The number of hydrogen-bond donors (Lipinski definition) is 2. The molecule has 1 atom stereocenters. The van der Waals surface area contributed by atoms with Gasteiger partial charge in [0.25, 0.3) is 5.56 Å². The molecule has 0 aliphatic carbocycles. The van der Waals surface area contributed by atoms with Gasteiger partial charge in [0.15, 0.2) is 12.1 Å². The third-order valence-electron chi connectivity index (χ3n) is 3.52. The molecule has 120 valence electrons. The lowest BCUT2D eigenvalue weighted by molar-refractivity contribution is -0.106. The van der Waals surface area contributed by atoms with Gasteiger partial charge in [-0.1, -0.05) is 5.16 Å². The summed E-state index contributed by atoms with van der Waals surface area (Å²) in [5.41, 5.74) is 4.57. The van der Waals surface area contributed by atoms with Gasteiger partial charge in [-0.25, -0.2) is 4.79 Å². The van der Waals surface area contributed by atoms with Crippen molar-refractivity contribution in [1.29, 1.82) is 0 Å². The van der Waals surface area contributed by atoms with E-state index in [1.807, 2.05) is 0 Å². The van der Waals surface area contributed by atoms with Gasteiger partial charge in [0, 0.05) is 14.1 Å². The molecule has 2 heterocycles. The third-order valence-corrected chi connectivity index (χ3v) is 3.52. The normalized spacial score (nSPS) is 17.1. The summed E-state index contributed by atoms with van der Waals surface area (Å²) in [5.74, 6) is 0.414. The van der Waals surface area contributed by atoms with E-state index in [2.05, 4.69) is 10.5 Å². The zero-order valence-electron chi connectivity index (χ0n) is 12.6. The summed E-state index contributed by atoms with van der Waals surface area (Å²) in [5, 5.41) is 6.46. The van der Waals surface area contributed by atoms with Gasteiger partial charge in [0.05, 0.1) is 13.1 Å². The highest BCUT2D eigenvalue weighted by atomic mass is 16.7. The van der Waals surface area contributed by atoms with Crippen molar-refractivity contribution in [2.45, 2.75) is 19.7 Å². The lowest BCUT2D eigenvalue weighted by Crippen LogP contribution is -2.45. The SMILES string of the molecule is CC1ON=C(Cn2c(=O)c(NCC=O)c(N)n(C)c2=O)N1C. The van der Waals surface area contributed by atoms with E-state index in [4.69, 9.17) is 10.6 Å². The second kappa shape index (κ2) is 5.92. The van der Waals surface area contributed by atoms with Crippen molar-refractivity contribution >= 4 is 23.6 Å². The molecule has 3 N–H and O–H groups in total. The molecule has 22 heavy (non-hydrogen) atoms. The van der Waals surface area contributed by atoms with Crippen LogP contribution in [0.1, 0.15) is 6.92 Å². The van der Waals surface area contributed by atoms with Crippen LogP contribution in [0.4, 0.5) is 11.5 Å². The predicted molar refractivity (Wildman–Crippen MR) is 80.7 cm³/mol. The number of anilines is 2. The molecule has 2 rings (SSSR count). The Bertz CT molecular complexity index is 734. The second-order valence-corrected chi connectivity index (χ2v) is 4.86. The van der Waals surface area contributed by atoms with Crippen LogP contribution in [0.5, 0.6) is 0 Å². The number of hydrogen-bond acceptors (Lipinski definition) is 8. The minimum Gasteiger partial charge on any atom is -0.383 e. The van der Waals surface area contributed by atoms with Crippen molar-refractivity contribution in [3.8, 4) is 0 Å². The Hall–Kier alpha value is -2.78. The van der Waals surface area contributed by atoms with Crippen LogP contribution < -0.4 is 22.3 Å². The van der Waals surface area contributed by atoms with Crippen molar-refractivity contribution in [3.63, 3.8) is 0 Å². The number of nitrogens with one attached hydrogen (secondary N) is 1. The fourth-order valence-corrected chi connectivity index (χ4v) is 2.00. The Labute approximate surface area is 125 Å². The molecule has 0 saturated heterocycles. The molecule has 0 aromatic carbocycles. The first-order valence-corrected chi connectivity index (χ1v) is 6.60. The van der Waals surface area contributed by atoms with Crippen molar-refractivity contribution in [3.05, 3.63) is 20.8 Å². The highest BCUT2D eigenvalue weighted by Crippen LogP contribution is 2.11. The molecule has 1 aromatic heterocycles. The van der Waals surface area contributed by atoms with E-state index < -0.39 is 11.2 Å². The van der Waals surface area contributed by atoms with Crippen LogP contribution in [0, 0.1) is 0 Å². The van der Waals surface area contributed by atoms with E-state index in [-0.39, 0.29) is 30.8 Å². The lowest BCUT2D eigenvalue weighted by Gasteiger charge is -2.18. The largest absolute Gasteiger partial charge is 0.383 e. The Morgan fingerprint density at radius 2 is 2.09 bits per heavy atom. The molecule has 0 amide bonds. The molecule has 1 aliphatic rings. The number of oxime groups is 1. The van der Waals surface area contributed by atoms with Crippen molar-refractivity contribution in [2.75, 3.05) is 24.6 Å². The molecule has 0 bridgehead atoms. The quantitative estimate of drug-likeness (QED) is 0.625. The Morgan fingerprint density at radius 1 is 1.41 bits per heavy atom. The molecular weight excluding hydrogens is 292 g/mol. The average molecular weight is 310 g/mol. The topological polar surface area (TPSA) is 124 Å². The highest BCUT2D eigenvalue weighted by Gasteiger charge is 2.25. The molecule has 0 saturated carbocycles. The fourth-order valence-electron chi connectivity index (χ4n) is 2.00. The molecule has 0 fully saturated rings. The van der Waals surface area contributed by atoms with Gasteiger partial charge in [0.1, 0.15) is 17.8 Å². The number of nitrogens with two attached hydrogens (primary N) is 1. The van der Waals surface area contributed by atoms with E-state index in [1.165, 1.54) is 7.05 Å². The second-order valence-electron chi connectivity index (χ2n) is 4.86. The Balaban J connectivity index is 2.47. The molecule has 1 aliphatic heterocycles. The first kappa shape index (κ1) is 15.6. The summed E-state index contributed by atoms with van der Waals surface area (Å²) in [7, 11) is 3.19. The fraction of sp³-hybridized carbons (Fsp3) is 0.500. The van der Waals surface area contributed by atoms with Crippen molar-refractivity contribution in [1.82, 2.24) is 14.0 Å². The number of nitrogens with zero attached hydrogens (tertiary/aromatic N) is 4. The van der Waals surface area contributed by atoms with Gasteiger partial charge in [-0.15, -0.1) is 0 Å². The molecular formula is C12H18N6O4. The molecule has 1 unspecified atom stereocenters. The highest BCUT2D eigenvalue weighted by molar-refractivity contribution is 5.82. The van der Waals surface area contributed by atoms with Crippen LogP contribution >= 0.6 is 0 Å². The third kappa shape index (κ3) is 2.54. The molecule has 0 spiro atoms. The van der Waals surface area contributed by atoms with Crippen LogP contribution in [0.2, 0.25) is 0 Å². The number of nitrogen functional groups attached to an aromatic ring is 1. The van der Waals surface area contributed by atoms with E-state index in [0.29, 0.717) is 12.1 Å². The summed E-state index contributed by atoms with van der Waals surface area (Å²) in [6.07, 6.45) is 0.328. The number of carbonyl (C=O) groups excluding carboxylic acids is 1. The van der Waals surface area contributed by atoms with Gasteiger partial charge in [0.2, 0.25) is 0 Å². The smallest absolute Gasteiger partial charge is 0.332 e. The summed E-state index contributed by atoms with van der Waals surface area (Å²) in [6.45, 7) is 1.65. The summed E-state index contributed by atoms with van der Waals surface area (Å²) in [4.78, 5) is 41.9. The van der Waals surface area contributed by atoms with Crippen LogP contribution in [-0.4, -0.2) is 46.0 Å². The number of carbonyl (C=O) groups is 1. The maximum Gasteiger partial charge on any atom is 0.332 e. The van der Waals surface area contributed by atoms with Gasteiger partial charge in [-0.2, -0.15) is 0 Å². The minimum atomic E-state index is -0.613. The van der Waals surface area contributed by atoms with Crippen molar-refractivity contribution in [2.24, 2.45) is 12.2 Å². The Morgan fingerprint density at radius 3 is 2.64 bits per heavy atom. The number of rotatable bonds is 5. The van der Waals surface area contributed by atoms with E-state index >= 15 is 0 Å². The first-order valence-electron chi connectivity index (χ1n) is 6.60. The molecule has 0 radical (unpaired) electrons. The van der Waals surface area contributed by atoms with Gasteiger partial charge < -0.3 is 25.6 Å². The van der Waals surface area contributed by atoms with Crippen LogP contribution in [0.3, 0.4) is 0 Å². The molecule has 10 nitrogen and oxygen atoms in total. The number of likely N-dealkylation sites (N-methyl/N-ethyl adjacent to an activating group) is 1. The van der Waals surface area contributed by atoms with E-state index in [1.54, 1.807) is 18.9 Å². The predicted octanol–water partition coefficient (Wildman–Crippen LogP) is -1.64. The van der Waals surface area contributed by atoms with Gasteiger partial charge in [-0.3, -0.25) is 13.9 Å². The maximum absolute atomic E-state index is 12.4. The summed E-state index contributed by atoms with van der Waals surface area (Å²) >= 11 is 0. The number of aldehydes is 1. The van der Waals surface area contributed by atoms with Crippen LogP contribution in [0.15, 0.2) is 14.7 Å². The molecule has 10 heteroatoms. The monoisotopic (exact) mass is 310 g/mol. The molecule has 1 aromatic rings. The van der Waals surface area contributed by atoms with Crippen LogP contribution in [0.25, 0.3) is 0 Å². The average Bonchev–Trinajstić information content (AvgIpc) is 2.81. The number of aromatic nitrogens is 2. The van der Waals surface area contributed by atoms with E-state index in [0.717, 1.165) is 9.13 Å². The summed E-state index contributed by atoms with van der Waals surface area (Å²) < 4.78 is 2.12. The number of amidine groups is 1. The minimum absolute atomic E-state index is 0.00409. The first-order chi connectivity index (χ1) is 10.4. The standard InChI is InChI=1S/C12H18N6O4/c1-7-16(2)8(15-22-7)6-18-11(20)9(14-4-5-19)10(13)17(3)12(18)21/h5,7,14H,4,6,13H2,1-3H3. The van der Waals surface area contributed by atoms with E-state index in [9.17, 15) is 14.4 Å². The Kier molecular flexibility index (Phi) is 4.20. The zero-order valence-corrected chi connectivity index (χ0v) is 12.6. The van der Waals surface area contributed by atoms with Gasteiger partial charge >= 0.3 is 5.69 Å². The van der Waals surface area contributed by atoms with Crippen LogP contribution in [-0.2, 0) is 23.2 Å². The maximum atomic E-state index is 12.4. The zero-order chi connectivity index (χ0) is 16.4.